The van der Waals surface area contributed by atoms with Crippen LogP contribution in [0.25, 0.3) is 16.6 Å². The lowest BCUT2D eigenvalue weighted by Crippen LogP contribution is -2.32. The molecule has 0 aliphatic heterocycles. The first kappa shape index (κ1) is 19.7. The predicted molar refractivity (Wildman–Crippen MR) is 113 cm³/mol. The summed E-state index contributed by atoms with van der Waals surface area (Å²) in [5.74, 6) is -0.947. The van der Waals surface area contributed by atoms with Crippen molar-refractivity contribution >= 4 is 34.9 Å². The van der Waals surface area contributed by atoms with Crippen LogP contribution in [0.3, 0.4) is 0 Å². The molecule has 2 aromatic heterocycles. The van der Waals surface area contributed by atoms with Crippen LogP contribution in [-0.4, -0.2) is 26.6 Å². The molecule has 0 aliphatic rings. The molecular formula is C21H15N5O5. The van der Waals surface area contributed by atoms with Crippen LogP contribution in [0.4, 0.5) is 11.8 Å². The molecule has 4 aromatic rings. The zero-order valence-corrected chi connectivity index (χ0v) is 16.2. The van der Waals surface area contributed by atoms with Gasteiger partial charge < -0.3 is 4.42 Å². The molecule has 31 heavy (non-hydrogen) atoms. The number of hydrogen-bond acceptors (Lipinski definition) is 7. The van der Waals surface area contributed by atoms with Gasteiger partial charge in [0, 0.05) is 6.92 Å². The molecule has 0 saturated carbocycles. The Bertz CT molecular complexity index is 1370. The van der Waals surface area contributed by atoms with E-state index >= 15 is 0 Å². The van der Waals surface area contributed by atoms with E-state index < -0.39 is 16.7 Å². The van der Waals surface area contributed by atoms with Gasteiger partial charge in [-0.3, -0.25) is 19.7 Å². The van der Waals surface area contributed by atoms with Crippen LogP contribution in [0.1, 0.15) is 12.7 Å². The van der Waals surface area contributed by atoms with Gasteiger partial charge in [0.2, 0.25) is 11.9 Å². The molecule has 2 aromatic carbocycles. The number of rotatable bonds is 5. The molecule has 154 valence electrons. The van der Waals surface area contributed by atoms with Crippen LogP contribution >= 0.6 is 0 Å². The van der Waals surface area contributed by atoms with Gasteiger partial charge >= 0.3 is 5.88 Å². The van der Waals surface area contributed by atoms with Crippen LogP contribution in [-0.2, 0) is 4.79 Å². The maximum atomic E-state index is 13.3. The van der Waals surface area contributed by atoms with Gasteiger partial charge in [0.05, 0.1) is 28.9 Å². The number of anilines is 1. The molecule has 0 radical (unpaired) electrons. The summed E-state index contributed by atoms with van der Waals surface area (Å²) in [4.78, 5) is 40.3. The second-order valence-electron chi connectivity index (χ2n) is 6.41. The smallest absolute Gasteiger partial charge is 0.400 e. The van der Waals surface area contributed by atoms with E-state index in [9.17, 15) is 19.7 Å². The summed E-state index contributed by atoms with van der Waals surface area (Å²) in [6.07, 6.45) is 1.14. The lowest BCUT2D eigenvalue weighted by atomic mass is 10.2. The first-order valence-electron chi connectivity index (χ1n) is 9.12. The minimum atomic E-state index is -0.683. The fourth-order valence-corrected chi connectivity index (χ4v) is 2.97. The summed E-state index contributed by atoms with van der Waals surface area (Å²) >= 11 is 0. The zero-order valence-electron chi connectivity index (χ0n) is 16.2. The minimum absolute atomic E-state index is 0.0281. The Balaban J connectivity index is 1.90. The highest BCUT2D eigenvalue weighted by Gasteiger charge is 2.21. The average Bonchev–Trinajstić information content (AvgIpc) is 3.24. The molecule has 1 amide bonds. The first-order valence-corrected chi connectivity index (χ1v) is 9.12. The number of carbonyl (C=O) groups excluding carboxylic acids is 1. The Kier molecular flexibility index (Phi) is 5.10. The van der Waals surface area contributed by atoms with Crippen LogP contribution in [0.15, 0.2) is 81.0 Å². The number of furan rings is 1. The molecule has 0 aliphatic carbocycles. The van der Waals surface area contributed by atoms with Crippen LogP contribution in [0, 0.1) is 10.1 Å². The Morgan fingerprint density at radius 1 is 1.13 bits per heavy atom. The van der Waals surface area contributed by atoms with E-state index in [1.807, 2.05) is 0 Å². The van der Waals surface area contributed by atoms with Crippen molar-refractivity contribution in [3.05, 3.63) is 93.0 Å². The molecule has 0 fully saturated rings. The molecule has 0 unspecified atom stereocenters. The third kappa shape index (κ3) is 3.81. The van der Waals surface area contributed by atoms with Gasteiger partial charge in [-0.1, -0.05) is 30.3 Å². The molecule has 0 spiro atoms. The van der Waals surface area contributed by atoms with Crippen LogP contribution in [0.5, 0.6) is 0 Å². The van der Waals surface area contributed by atoms with Crippen molar-refractivity contribution < 1.29 is 14.1 Å². The van der Waals surface area contributed by atoms with Crippen LogP contribution < -0.4 is 10.6 Å². The van der Waals surface area contributed by atoms with Gasteiger partial charge in [0.25, 0.3) is 5.56 Å². The number of hydrazone groups is 1. The second kappa shape index (κ2) is 8.03. The normalized spacial score (nSPS) is 11.1. The summed E-state index contributed by atoms with van der Waals surface area (Å²) < 4.78 is 6.33. The minimum Gasteiger partial charge on any atom is -0.400 e. The van der Waals surface area contributed by atoms with Gasteiger partial charge in [-0.05, 0) is 30.3 Å². The van der Waals surface area contributed by atoms with Crippen molar-refractivity contribution in [1.29, 1.82) is 0 Å². The summed E-state index contributed by atoms with van der Waals surface area (Å²) in [6.45, 7) is 1.26. The molecule has 0 atom stereocenters. The summed E-state index contributed by atoms with van der Waals surface area (Å²) in [6, 6.07) is 18.0. The van der Waals surface area contributed by atoms with Crippen molar-refractivity contribution in [2.45, 2.75) is 6.92 Å². The molecule has 4 rings (SSSR count). The van der Waals surface area contributed by atoms with Gasteiger partial charge in [0.1, 0.15) is 4.92 Å². The zero-order chi connectivity index (χ0) is 22.0. The Morgan fingerprint density at radius 3 is 2.52 bits per heavy atom. The number of nitrogens with zero attached hydrogens (tertiary/aromatic N) is 5. The van der Waals surface area contributed by atoms with Gasteiger partial charge in [0.15, 0.2) is 5.76 Å². The second-order valence-corrected chi connectivity index (χ2v) is 6.41. The average molecular weight is 417 g/mol. The van der Waals surface area contributed by atoms with E-state index in [0.717, 1.165) is 11.2 Å². The fourth-order valence-electron chi connectivity index (χ4n) is 2.97. The van der Waals surface area contributed by atoms with Gasteiger partial charge in [-0.25, -0.2) is 9.55 Å². The SMILES string of the molecule is CC(=O)N(/N=C\c1ccc([N+](=O)[O-])o1)c1nc2ccccc2c(=O)n1-c1ccccc1. The Morgan fingerprint density at radius 2 is 1.84 bits per heavy atom. The number of amides is 1. The number of nitro groups is 1. The third-order valence-corrected chi connectivity index (χ3v) is 4.35. The maximum Gasteiger partial charge on any atom is 0.433 e. The van der Waals surface area contributed by atoms with Crippen molar-refractivity contribution in [2.24, 2.45) is 5.10 Å². The highest BCUT2D eigenvalue weighted by molar-refractivity contribution is 5.93. The van der Waals surface area contributed by atoms with Crippen LogP contribution in [0.2, 0.25) is 0 Å². The molecule has 10 nitrogen and oxygen atoms in total. The number of para-hydroxylation sites is 2. The van der Waals surface area contributed by atoms with Crippen molar-refractivity contribution in [2.75, 3.05) is 5.01 Å². The van der Waals surface area contributed by atoms with Gasteiger partial charge in [-0.2, -0.15) is 10.1 Å². The van der Waals surface area contributed by atoms with Crippen molar-refractivity contribution in [3.8, 4) is 5.69 Å². The Labute approximate surface area is 174 Å². The summed E-state index contributed by atoms with van der Waals surface area (Å²) in [7, 11) is 0. The standard InChI is InChI=1S/C21H15N5O5/c1-14(27)25(22-13-16-11-12-19(31-16)26(29)30)21-23-18-10-6-5-9-17(18)20(28)24(21)15-7-3-2-4-8-15/h2-13H,1H3/b22-13-. The number of benzene rings is 2. The van der Waals surface area contributed by atoms with E-state index in [0.29, 0.717) is 16.6 Å². The topological polar surface area (TPSA) is 124 Å². The molecule has 2 heterocycles. The molecule has 10 heteroatoms. The maximum absolute atomic E-state index is 13.3. The fraction of sp³-hybridized carbons (Fsp3) is 0.0476. The molecule has 0 N–H and O–H groups in total. The number of carbonyl (C=O) groups is 1. The first-order chi connectivity index (χ1) is 15.0. The largest absolute Gasteiger partial charge is 0.433 e. The summed E-state index contributed by atoms with van der Waals surface area (Å²) in [5, 5.41) is 16.2. The molecule has 0 saturated heterocycles. The van der Waals surface area contributed by atoms with E-state index in [2.05, 4.69) is 10.1 Å². The quantitative estimate of drug-likeness (QED) is 0.279. The summed E-state index contributed by atoms with van der Waals surface area (Å²) in [5.41, 5.74) is 0.516. The van der Waals surface area contributed by atoms with E-state index in [4.69, 9.17) is 4.42 Å². The third-order valence-electron chi connectivity index (χ3n) is 4.35. The number of hydrogen-bond donors (Lipinski definition) is 0. The highest BCUT2D eigenvalue weighted by Crippen LogP contribution is 2.21. The van der Waals surface area contributed by atoms with Crippen molar-refractivity contribution in [3.63, 3.8) is 0 Å². The Hall–Kier alpha value is -4.60. The van der Waals surface area contributed by atoms with E-state index in [1.165, 1.54) is 23.6 Å². The van der Waals surface area contributed by atoms with E-state index in [1.54, 1.807) is 54.6 Å². The highest BCUT2D eigenvalue weighted by atomic mass is 16.6. The monoisotopic (exact) mass is 417 g/mol. The van der Waals surface area contributed by atoms with E-state index in [-0.39, 0.29) is 17.3 Å². The lowest BCUT2D eigenvalue weighted by molar-refractivity contribution is -0.402. The molecular weight excluding hydrogens is 402 g/mol. The number of fused-ring (bicyclic) bond motifs is 1. The van der Waals surface area contributed by atoms with Gasteiger partial charge in [-0.15, -0.1) is 0 Å². The number of aromatic nitrogens is 2. The molecule has 0 bridgehead atoms. The van der Waals surface area contributed by atoms with Crippen molar-refractivity contribution in [1.82, 2.24) is 9.55 Å². The predicted octanol–water partition coefficient (Wildman–Crippen LogP) is 3.27. The lowest BCUT2D eigenvalue weighted by Gasteiger charge is -2.19.